The normalized spacial score (nSPS) is 15.8. The van der Waals surface area contributed by atoms with Gasteiger partial charge in [-0.25, -0.2) is 0 Å². The lowest BCUT2D eigenvalue weighted by Crippen LogP contribution is -2.28. The van der Waals surface area contributed by atoms with Gasteiger partial charge in [0, 0.05) is 12.1 Å². The van der Waals surface area contributed by atoms with Gasteiger partial charge in [-0.1, -0.05) is 6.07 Å². The van der Waals surface area contributed by atoms with Gasteiger partial charge >= 0.3 is 6.18 Å². The van der Waals surface area contributed by atoms with Gasteiger partial charge in [-0.2, -0.15) is 13.2 Å². The summed E-state index contributed by atoms with van der Waals surface area (Å²) in [4.78, 5) is 12.0. The predicted octanol–water partition coefficient (Wildman–Crippen LogP) is 4.15. The Bertz CT molecular complexity index is 529. The zero-order chi connectivity index (χ0) is 16.2. The maximum Gasteiger partial charge on any atom is 0.416 e. The van der Waals surface area contributed by atoms with Gasteiger partial charge in [-0.15, -0.1) is 12.4 Å². The number of benzene rings is 1. The first-order valence-corrected chi connectivity index (χ1v) is 7.55. The first-order valence-electron chi connectivity index (χ1n) is 7.55. The van der Waals surface area contributed by atoms with Crippen LogP contribution in [0.25, 0.3) is 0 Å². The Labute approximate surface area is 140 Å². The number of halogens is 4. The topological polar surface area (TPSA) is 41.1 Å². The molecular formula is C16H22ClF3N2O. The Morgan fingerprint density at radius 1 is 1.30 bits per heavy atom. The van der Waals surface area contributed by atoms with Crippen LogP contribution in [0.5, 0.6) is 0 Å². The Kier molecular flexibility index (Phi) is 7.35. The maximum absolute atomic E-state index is 12.8. The molecule has 23 heavy (non-hydrogen) atoms. The number of carbonyl (C=O) groups is 1. The number of nitrogens with one attached hydrogen (secondary N) is 2. The van der Waals surface area contributed by atoms with Crippen molar-refractivity contribution in [2.75, 3.05) is 18.4 Å². The van der Waals surface area contributed by atoms with Gasteiger partial charge in [-0.3, -0.25) is 4.79 Å². The molecule has 0 radical (unpaired) electrons. The Morgan fingerprint density at radius 3 is 2.57 bits per heavy atom. The van der Waals surface area contributed by atoms with E-state index >= 15 is 0 Å². The lowest BCUT2D eigenvalue weighted by atomic mass is 9.93. The van der Waals surface area contributed by atoms with Gasteiger partial charge in [-0.05, 0) is 62.9 Å². The third-order valence-corrected chi connectivity index (χ3v) is 4.15. The van der Waals surface area contributed by atoms with Crippen LogP contribution in [0.1, 0.15) is 36.8 Å². The van der Waals surface area contributed by atoms with Crippen LogP contribution in [-0.2, 0) is 11.0 Å². The molecule has 1 aliphatic rings. The minimum atomic E-state index is -4.40. The molecule has 1 amide bonds. The number of carbonyl (C=O) groups excluding carboxylic acids is 1. The highest BCUT2D eigenvalue weighted by molar-refractivity contribution is 5.91. The van der Waals surface area contributed by atoms with Gasteiger partial charge in [0.2, 0.25) is 5.91 Å². The van der Waals surface area contributed by atoms with E-state index in [1.54, 1.807) is 0 Å². The summed E-state index contributed by atoms with van der Waals surface area (Å²) in [5, 5.41) is 5.87. The van der Waals surface area contributed by atoms with Crippen LogP contribution in [0, 0.1) is 12.8 Å². The molecule has 0 saturated carbocycles. The van der Waals surface area contributed by atoms with Gasteiger partial charge in [0.15, 0.2) is 0 Å². The number of alkyl halides is 3. The second-order valence-electron chi connectivity index (χ2n) is 5.76. The molecule has 0 spiro atoms. The van der Waals surface area contributed by atoms with Gasteiger partial charge < -0.3 is 10.6 Å². The third kappa shape index (κ3) is 5.70. The summed E-state index contributed by atoms with van der Waals surface area (Å²) in [5.74, 6) is 0.301. The van der Waals surface area contributed by atoms with E-state index < -0.39 is 11.7 Å². The molecule has 0 aliphatic carbocycles. The van der Waals surface area contributed by atoms with E-state index in [-0.39, 0.29) is 29.6 Å². The van der Waals surface area contributed by atoms with E-state index in [4.69, 9.17) is 0 Å². The molecule has 2 N–H and O–H groups in total. The lowest BCUT2D eigenvalue weighted by molar-refractivity contribution is -0.138. The van der Waals surface area contributed by atoms with E-state index in [1.165, 1.54) is 19.1 Å². The van der Waals surface area contributed by atoms with Crippen LogP contribution < -0.4 is 10.6 Å². The van der Waals surface area contributed by atoms with Crippen LogP contribution in [0.3, 0.4) is 0 Å². The Hall–Kier alpha value is -1.27. The number of amides is 1. The average Bonchev–Trinajstić information content (AvgIpc) is 2.47. The van der Waals surface area contributed by atoms with E-state index in [2.05, 4.69) is 10.6 Å². The fourth-order valence-corrected chi connectivity index (χ4v) is 2.80. The zero-order valence-corrected chi connectivity index (χ0v) is 13.8. The van der Waals surface area contributed by atoms with Crippen molar-refractivity contribution >= 4 is 24.0 Å². The van der Waals surface area contributed by atoms with Crippen molar-refractivity contribution in [2.45, 2.75) is 38.8 Å². The van der Waals surface area contributed by atoms with Crippen LogP contribution in [-0.4, -0.2) is 19.0 Å². The minimum Gasteiger partial charge on any atom is -0.326 e. The molecule has 1 aromatic carbocycles. The van der Waals surface area contributed by atoms with Crippen molar-refractivity contribution in [2.24, 2.45) is 5.92 Å². The van der Waals surface area contributed by atoms with Gasteiger partial charge in [0.05, 0.1) is 5.56 Å². The number of hydrogen-bond donors (Lipinski definition) is 2. The van der Waals surface area contributed by atoms with E-state index in [0.717, 1.165) is 38.4 Å². The molecule has 1 fully saturated rings. The average molecular weight is 351 g/mol. The third-order valence-electron chi connectivity index (χ3n) is 4.15. The summed E-state index contributed by atoms with van der Waals surface area (Å²) >= 11 is 0. The molecule has 7 heteroatoms. The molecule has 0 aromatic heterocycles. The highest BCUT2D eigenvalue weighted by Gasteiger charge is 2.33. The van der Waals surface area contributed by atoms with Crippen molar-refractivity contribution in [1.29, 1.82) is 0 Å². The van der Waals surface area contributed by atoms with Crippen molar-refractivity contribution in [3.05, 3.63) is 29.3 Å². The predicted molar refractivity (Wildman–Crippen MR) is 86.9 cm³/mol. The smallest absolute Gasteiger partial charge is 0.326 e. The molecule has 0 atom stereocenters. The monoisotopic (exact) mass is 350 g/mol. The van der Waals surface area contributed by atoms with Gasteiger partial charge in [0.25, 0.3) is 0 Å². The summed E-state index contributed by atoms with van der Waals surface area (Å²) < 4.78 is 38.5. The van der Waals surface area contributed by atoms with Crippen molar-refractivity contribution in [3.8, 4) is 0 Å². The van der Waals surface area contributed by atoms with Crippen molar-refractivity contribution in [3.63, 3.8) is 0 Å². The fraction of sp³-hybridized carbons (Fsp3) is 0.562. The summed E-state index contributed by atoms with van der Waals surface area (Å²) in [5.41, 5.74) is -0.404. The summed E-state index contributed by atoms with van der Waals surface area (Å²) in [6.45, 7) is 3.32. The van der Waals surface area contributed by atoms with E-state index in [1.807, 2.05) is 0 Å². The molecule has 3 nitrogen and oxygen atoms in total. The maximum atomic E-state index is 12.8. The number of piperidine rings is 1. The molecule has 1 aromatic rings. The quantitative estimate of drug-likeness (QED) is 0.856. The second-order valence-corrected chi connectivity index (χ2v) is 5.76. The molecular weight excluding hydrogens is 329 g/mol. The highest BCUT2D eigenvalue weighted by atomic mass is 35.5. The van der Waals surface area contributed by atoms with Crippen LogP contribution in [0.4, 0.5) is 18.9 Å². The molecule has 1 aliphatic heterocycles. The van der Waals surface area contributed by atoms with Crippen LogP contribution >= 0.6 is 12.4 Å². The number of hydrogen-bond acceptors (Lipinski definition) is 2. The zero-order valence-electron chi connectivity index (χ0n) is 13.0. The molecule has 1 saturated heterocycles. The Morgan fingerprint density at radius 2 is 1.96 bits per heavy atom. The molecule has 0 unspecified atom stereocenters. The van der Waals surface area contributed by atoms with Gasteiger partial charge in [0.1, 0.15) is 0 Å². The minimum absolute atomic E-state index is 0. The molecule has 2 rings (SSSR count). The second kappa shape index (κ2) is 8.55. The first-order chi connectivity index (χ1) is 10.4. The summed E-state index contributed by atoms with van der Waals surface area (Å²) in [7, 11) is 0. The largest absolute Gasteiger partial charge is 0.416 e. The van der Waals surface area contributed by atoms with Crippen LogP contribution in [0.2, 0.25) is 0 Å². The fourth-order valence-electron chi connectivity index (χ4n) is 2.80. The standard InChI is InChI=1S/C16H21F3N2O.ClH/c1-11-13(16(17,18)19)3-2-4-14(11)21-15(22)6-5-12-7-9-20-10-8-12;/h2-4,12,20H,5-10H2,1H3,(H,21,22);1H. The SMILES string of the molecule is Cc1c(NC(=O)CCC2CCNCC2)cccc1C(F)(F)F.Cl. The highest BCUT2D eigenvalue weighted by Crippen LogP contribution is 2.34. The van der Waals surface area contributed by atoms with Crippen LogP contribution in [0.15, 0.2) is 18.2 Å². The van der Waals surface area contributed by atoms with Crippen molar-refractivity contribution < 1.29 is 18.0 Å². The molecule has 0 bridgehead atoms. The summed E-state index contributed by atoms with van der Waals surface area (Å²) in [6.07, 6.45) is -1.17. The number of anilines is 1. The first kappa shape index (κ1) is 19.8. The molecule has 1 heterocycles. The lowest BCUT2D eigenvalue weighted by Gasteiger charge is -2.22. The Balaban J connectivity index is 0.00000264. The van der Waals surface area contributed by atoms with E-state index in [0.29, 0.717) is 12.3 Å². The summed E-state index contributed by atoms with van der Waals surface area (Å²) in [6, 6.07) is 3.85. The van der Waals surface area contributed by atoms with E-state index in [9.17, 15) is 18.0 Å². The van der Waals surface area contributed by atoms with Crippen molar-refractivity contribution in [1.82, 2.24) is 5.32 Å². The number of rotatable bonds is 4. The molecule has 130 valence electrons.